The number of fused-ring (bicyclic) bond motifs is 5. The topological polar surface area (TPSA) is 0 Å². The standard InChI is InChI=1S/C53H36/c1-53(2)49-32-39(23-27-44(49)47-30-17-35-15-9-10-16-41(35)52(47)53)38-22-26-43(48(31-38)34-13-7-4-8-14-34)42-25-19-37-20-28-45-40(33-11-5-3-6-12-33)24-18-36-21-29-46(42)51(37)50(36)45/h3-32H,1-2H3. The smallest absolute Gasteiger partial charge is 0.0165 e. The number of hydrogen-bond donors (Lipinski definition) is 0. The minimum absolute atomic E-state index is 0.105. The van der Waals surface area contributed by atoms with E-state index in [4.69, 9.17) is 0 Å². The molecule has 0 heterocycles. The fraction of sp³-hybridized carbons (Fsp3) is 0.0566. The lowest BCUT2D eigenvalue weighted by Crippen LogP contribution is -2.15. The molecule has 0 unspecified atom stereocenters. The molecule has 0 bridgehead atoms. The molecule has 1 aliphatic rings. The molecule has 0 nitrogen and oxygen atoms in total. The van der Waals surface area contributed by atoms with Crippen molar-refractivity contribution in [1.82, 2.24) is 0 Å². The zero-order chi connectivity index (χ0) is 35.3. The van der Waals surface area contributed by atoms with Crippen molar-refractivity contribution in [3.8, 4) is 55.6 Å². The minimum Gasteiger partial charge on any atom is -0.0622 e. The Morgan fingerprint density at radius 3 is 1.53 bits per heavy atom. The van der Waals surface area contributed by atoms with Gasteiger partial charge in [0.25, 0.3) is 0 Å². The molecular formula is C53H36. The zero-order valence-electron chi connectivity index (χ0n) is 29.8. The summed E-state index contributed by atoms with van der Waals surface area (Å²) >= 11 is 0. The van der Waals surface area contributed by atoms with Crippen LogP contribution in [0.25, 0.3) is 98.7 Å². The minimum atomic E-state index is -0.105. The fourth-order valence-corrected chi connectivity index (χ4v) is 9.50. The summed E-state index contributed by atoms with van der Waals surface area (Å²) < 4.78 is 0. The van der Waals surface area contributed by atoms with Gasteiger partial charge in [0.05, 0.1) is 0 Å². The molecule has 0 amide bonds. The molecular weight excluding hydrogens is 637 g/mol. The third-order valence-corrected chi connectivity index (χ3v) is 12.0. The van der Waals surface area contributed by atoms with Crippen LogP contribution >= 0.6 is 0 Å². The molecule has 0 aliphatic heterocycles. The highest BCUT2D eigenvalue weighted by molar-refractivity contribution is 6.28. The van der Waals surface area contributed by atoms with E-state index in [1.165, 1.54) is 110 Å². The molecule has 0 saturated carbocycles. The molecule has 0 aromatic heterocycles. The predicted octanol–water partition coefficient (Wildman–Crippen LogP) is 14.7. The molecule has 0 spiro atoms. The summed E-state index contributed by atoms with van der Waals surface area (Å²) in [5, 5.41) is 10.5. The van der Waals surface area contributed by atoms with Gasteiger partial charge in [-0.1, -0.05) is 184 Å². The first kappa shape index (κ1) is 30.2. The van der Waals surface area contributed by atoms with E-state index in [1.54, 1.807) is 0 Å². The molecule has 10 aromatic rings. The maximum atomic E-state index is 2.45. The molecule has 10 aromatic carbocycles. The number of rotatable bonds is 4. The van der Waals surface area contributed by atoms with E-state index >= 15 is 0 Å². The fourth-order valence-electron chi connectivity index (χ4n) is 9.50. The molecule has 0 N–H and O–H groups in total. The summed E-state index contributed by atoms with van der Waals surface area (Å²) in [6.45, 7) is 4.78. The normalized spacial score (nSPS) is 13.2. The Bertz CT molecular complexity index is 3060. The van der Waals surface area contributed by atoms with E-state index in [1.807, 2.05) is 0 Å². The Balaban J connectivity index is 1.10. The van der Waals surface area contributed by atoms with E-state index in [2.05, 4.69) is 196 Å². The molecule has 0 heteroatoms. The largest absolute Gasteiger partial charge is 0.0622 e. The van der Waals surface area contributed by atoms with Crippen molar-refractivity contribution in [2.24, 2.45) is 0 Å². The maximum absolute atomic E-state index is 2.45. The van der Waals surface area contributed by atoms with Crippen molar-refractivity contribution in [3.05, 3.63) is 193 Å². The Hall–Kier alpha value is -6.50. The molecule has 53 heavy (non-hydrogen) atoms. The Kier molecular flexibility index (Phi) is 6.40. The highest BCUT2D eigenvalue weighted by Crippen LogP contribution is 2.52. The van der Waals surface area contributed by atoms with Gasteiger partial charge in [0.15, 0.2) is 0 Å². The van der Waals surface area contributed by atoms with Gasteiger partial charge in [-0.25, -0.2) is 0 Å². The first-order valence-corrected chi connectivity index (χ1v) is 18.7. The van der Waals surface area contributed by atoms with Crippen LogP contribution in [0.1, 0.15) is 25.0 Å². The van der Waals surface area contributed by atoms with Crippen molar-refractivity contribution in [3.63, 3.8) is 0 Å². The van der Waals surface area contributed by atoms with Gasteiger partial charge in [-0.15, -0.1) is 0 Å². The van der Waals surface area contributed by atoms with Crippen LogP contribution in [0.15, 0.2) is 182 Å². The molecule has 1 aliphatic carbocycles. The third-order valence-electron chi connectivity index (χ3n) is 12.0. The van der Waals surface area contributed by atoms with E-state index in [0.717, 1.165) is 0 Å². The summed E-state index contributed by atoms with van der Waals surface area (Å²) in [5.41, 5.74) is 15.4. The zero-order valence-corrected chi connectivity index (χ0v) is 29.8. The van der Waals surface area contributed by atoms with Gasteiger partial charge in [0.2, 0.25) is 0 Å². The first-order valence-electron chi connectivity index (χ1n) is 18.7. The van der Waals surface area contributed by atoms with E-state index in [-0.39, 0.29) is 5.41 Å². The molecule has 11 rings (SSSR count). The van der Waals surface area contributed by atoms with Gasteiger partial charge in [0, 0.05) is 5.41 Å². The average molecular weight is 673 g/mol. The average Bonchev–Trinajstić information content (AvgIpc) is 3.45. The predicted molar refractivity (Wildman–Crippen MR) is 227 cm³/mol. The molecule has 0 fully saturated rings. The summed E-state index contributed by atoms with van der Waals surface area (Å²) in [7, 11) is 0. The van der Waals surface area contributed by atoms with Crippen LogP contribution in [0.2, 0.25) is 0 Å². The number of benzene rings is 10. The van der Waals surface area contributed by atoms with Crippen LogP contribution in [0.3, 0.4) is 0 Å². The van der Waals surface area contributed by atoms with Crippen LogP contribution < -0.4 is 0 Å². The van der Waals surface area contributed by atoms with E-state index in [0.29, 0.717) is 0 Å². The second kappa shape index (κ2) is 11.2. The summed E-state index contributed by atoms with van der Waals surface area (Å²) in [5.74, 6) is 0. The molecule has 248 valence electrons. The Morgan fingerprint density at radius 1 is 0.302 bits per heavy atom. The lowest BCUT2D eigenvalue weighted by atomic mass is 9.79. The van der Waals surface area contributed by atoms with Crippen molar-refractivity contribution in [2.45, 2.75) is 19.3 Å². The van der Waals surface area contributed by atoms with Crippen LogP contribution in [-0.4, -0.2) is 0 Å². The summed E-state index contributed by atoms with van der Waals surface area (Å²) in [4.78, 5) is 0. The van der Waals surface area contributed by atoms with Gasteiger partial charge in [-0.05, 0) is 122 Å². The highest BCUT2D eigenvalue weighted by atomic mass is 14.4. The van der Waals surface area contributed by atoms with Crippen molar-refractivity contribution in [1.29, 1.82) is 0 Å². The van der Waals surface area contributed by atoms with Crippen molar-refractivity contribution < 1.29 is 0 Å². The van der Waals surface area contributed by atoms with E-state index in [9.17, 15) is 0 Å². The monoisotopic (exact) mass is 672 g/mol. The molecule has 0 saturated heterocycles. The Labute approximate surface area is 310 Å². The van der Waals surface area contributed by atoms with Gasteiger partial charge in [0.1, 0.15) is 0 Å². The maximum Gasteiger partial charge on any atom is 0.0165 e. The molecule has 0 atom stereocenters. The lowest BCUT2D eigenvalue weighted by Gasteiger charge is -2.24. The van der Waals surface area contributed by atoms with Crippen molar-refractivity contribution >= 4 is 43.1 Å². The van der Waals surface area contributed by atoms with Gasteiger partial charge in [-0.2, -0.15) is 0 Å². The van der Waals surface area contributed by atoms with Crippen LogP contribution in [0.4, 0.5) is 0 Å². The summed E-state index contributed by atoms with van der Waals surface area (Å²) in [6, 6.07) is 67.9. The van der Waals surface area contributed by atoms with Gasteiger partial charge >= 0.3 is 0 Å². The molecule has 0 radical (unpaired) electrons. The first-order chi connectivity index (χ1) is 26.0. The second-order valence-corrected chi connectivity index (χ2v) is 15.2. The van der Waals surface area contributed by atoms with Crippen LogP contribution in [0, 0.1) is 0 Å². The van der Waals surface area contributed by atoms with Crippen molar-refractivity contribution in [2.75, 3.05) is 0 Å². The van der Waals surface area contributed by atoms with Gasteiger partial charge in [-0.3, -0.25) is 0 Å². The summed E-state index contributed by atoms with van der Waals surface area (Å²) in [6.07, 6.45) is 0. The van der Waals surface area contributed by atoms with E-state index < -0.39 is 0 Å². The Morgan fingerprint density at radius 2 is 0.811 bits per heavy atom. The lowest BCUT2D eigenvalue weighted by molar-refractivity contribution is 0.666. The third kappa shape index (κ3) is 4.42. The SMILES string of the molecule is CC1(C)c2cc(-c3ccc(-c4ccc5ccc6c(-c7ccccc7)ccc7ccc4c5c76)c(-c4ccccc4)c3)ccc2-c2ccc3ccccc3c21. The van der Waals surface area contributed by atoms with Crippen LogP contribution in [-0.2, 0) is 5.41 Å². The highest BCUT2D eigenvalue weighted by Gasteiger charge is 2.37. The van der Waals surface area contributed by atoms with Crippen LogP contribution in [0.5, 0.6) is 0 Å². The quantitative estimate of drug-likeness (QED) is 0.163. The van der Waals surface area contributed by atoms with Gasteiger partial charge < -0.3 is 0 Å². The second-order valence-electron chi connectivity index (χ2n) is 15.2. The number of hydrogen-bond acceptors (Lipinski definition) is 0.